The van der Waals surface area contributed by atoms with Crippen LogP contribution >= 0.6 is 0 Å². The molecule has 12 heavy (non-hydrogen) atoms. The average Bonchev–Trinajstić information content (AvgIpc) is 2.13. The normalized spacial score (nSPS) is 29.0. The van der Waals surface area contributed by atoms with Crippen LogP contribution in [0, 0.1) is 5.92 Å². The molecule has 0 saturated carbocycles. The topological polar surface area (TPSA) is 30.5 Å². The molecule has 0 spiro atoms. The first-order chi connectivity index (χ1) is 5.83. The zero-order chi connectivity index (χ0) is 9.40. The van der Waals surface area contributed by atoms with E-state index in [0.29, 0.717) is 5.92 Å². The SMILES string of the molecule is CC.CNCC1OCC(C)CO1. The second kappa shape index (κ2) is 7.53. The zero-order valence-electron chi connectivity index (χ0n) is 8.59. The van der Waals surface area contributed by atoms with E-state index in [9.17, 15) is 0 Å². The number of rotatable bonds is 2. The molecule has 1 fully saturated rings. The largest absolute Gasteiger partial charge is 0.351 e. The number of ether oxygens (including phenoxy) is 2. The second-order valence-corrected chi connectivity index (χ2v) is 2.76. The Morgan fingerprint density at radius 2 is 1.75 bits per heavy atom. The minimum Gasteiger partial charge on any atom is -0.351 e. The summed E-state index contributed by atoms with van der Waals surface area (Å²) in [4.78, 5) is 0. The minimum atomic E-state index is -0.0267. The van der Waals surface area contributed by atoms with Gasteiger partial charge in [0.15, 0.2) is 6.29 Å². The van der Waals surface area contributed by atoms with Gasteiger partial charge in [-0.2, -0.15) is 0 Å². The van der Waals surface area contributed by atoms with Gasteiger partial charge >= 0.3 is 0 Å². The summed E-state index contributed by atoms with van der Waals surface area (Å²) in [5, 5.41) is 3.00. The molecule has 0 aromatic heterocycles. The Labute approximate surface area is 75.4 Å². The molecule has 1 heterocycles. The highest BCUT2D eigenvalue weighted by Crippen LogP contribution is 2.08. The van der Waals surface area contributed by atoms with Gasteiger partial charge in [0, 0.05) is 12.5 Å². The van der Waals surface area contributed by atoms with E-state index >= 15 is 0 Å². The smallest absolute Gasteiger partial charge is 0.169 e. The zero-order valence-corrected chi connectivity index (χ0v) is 8.59. The molecule has 0 atom stereocenters. The molecule has 3 heteroatoms. The Balaban J connectivity index is 0.000000561. The standard InChI is InChI=1S/C7H15NO2.C2H6/c1-6-4-9-7(3-8-2)10-5-6;1-2/h6-8H,3-5H2,1-2H3;1-2H3. The van der Waals surface area contributed by atoms with E-state index in [1.165, 1.54) is 0 Å². The van der Waals surface area contributed by atoms with Gasteiger partial charge in [-0.15, -0.1) is 0 Å². The lowest BCUT2D eigenvalue weighted by atomic mass is 10.2. The van der Waals surface area contributed by atoms with Gasteiger partial charge in [-0.1, -0.05) is 20.8 Å². The van der Waals surface area contributed by atoms with E-state index in [2.05, 4.69) is 12.2 Å². The van der Waals surface area contributed by atoms with Crippen LogP contribution in [0.4, 0.5) is 0 Å². The van der Waals surface area contributed by atoms with Crippen molar-refractivity contribution in [3.8, 4) is 0 Å². The van der Waals surface area contributed by atoms with E-state index in [4.69, 9.17) is 9.47 Å². The summed E-state index contributed by atoms with van der Waals surface area (Å²) in [5.74, 6) is 0.549. The summed E-state index contributed by atoms with van der Waals surface area (Å²) in [6.07, 6.45) is -0.0267. The Morgan fingerprint density at radius 1 is 1.25 bits per heavy atom. The van der Waals surface area contributed by atoms with Crippen LogP contribution in [0.1, 0.15) is 20.8 Å². The quantitative estimate of drug-likeness (QED) is 0.685. The first kappa shape index (κ1) is 11.9. The molecular weight excluding hydrogens is 154 g/mol. The van der Waals surface area contributed by atoms with E-state index < -0.39 is 0 Å². The summed E-state index contributed by atoms with van der Waals surface area (Å²) in [6, 6.07) is 0. The number of hydrogen-bond donors (Lipinski definition) is 1. The summed E-state index contributed by atoms with van der Waals surface area (Å²) in [7, 11) is 1.89. The first-order valence-electron chi connectivity index (χ1n) is 4.70. The van der Waals surface area contributed by atoms with Crippen LogP contribution in [-0.4, -0.2) is 33.1 Å². The van der Waals surface area contributed by atoms with Gasteiger partial charge in [0.1, 0.15) is 0 Å². The molecule has 0 bridgehead atoms. The van der Waals surface area contributed by atoms with Crippen LogP contribution in [0.3, 0.4) is 0 Å². The molecule has 1 aliphatic rings. The van der Waals surface area contributed by atoms with Crippen molar-refractivity contribution in [1.29, 1.82) is 0 Å². The number of hydrogen-bond acceptors (Lipinski definition) is 3. The molecule has 1 rings (SSSR count). The molecule has 0 aromatic carbocycles. The van der Waals surface area contributed by atoms with E-state index in [1.54, 1.807) is 0 Å². The molecule has 1 N–H and O–H groups in total. The molecule has 0 aliphatic carbocycles. The van der Waals surface area contributed by atoms with Crippen LogP contribution < -0.4 is 5.32 Å². The minimum absolute atomic E-state index is 0.0267. The molecule has 0 unspecified atom stereocenters. The molecule has 0 aromatic rings. The maximum Gasteiger partial charge on any atom is 0.169 e. The third kappa shape index (κ3) is 4.70. The number of likely N-dealkylation sites (N-methyl/N-ethyl adjacent to an activating group) is 1. The Hall–Kier alpha value is -0.120. The molecule has 1 aliphatic heterocycles. The highest BCUT2D eigenvalue weighted by Gasteiger charge is 2.17. The fraction of sp³-hybridized carbons (Fsp3) is 1.00. The van der Waals surface area contributed by atoms with Gasteiger partial charge in [-0.25, -0.2) is 0 Å². The van der Waals surface area contributed by atoms with Gasteiger partial charge in [0.05, 0.1) is 13.2 Å². The van der Waals surface area contributed by atoms with Crippen molar-refractivity contribution in [1.82, 2.24) is 5.32 Å². The van der Waals surface area contributed by atoms with Crippen LogP contribution in [0.15, 0.2) is 0 Å². The predicted octanol–water partition coefficient (Wildman–Crippen LogP) is 1.24. The number of nitrogens with one attached hydrogen (secondary N) is 1. The lowest BCUT2D eigenvalue weighted by Gasteiger charge is -2.26. The van der Waals surface area contributed by atoms with Crippen molar-refractivity contribution in [2.45, 2.75) is 27.1 Å². The van der Waals surface area contributed by atoms with E-state index in [-0.39, 0.29) is 6.29 Å². The Bertz CT molecular complexity index is 90.5. The van der Waals surface area contributed by atoms with E-state index in [1.807, 2.05) is 20.9 Å². The predicted molar refractivity (Wildman–Crippen MR) is 50.1 cm³/mol. The second-order valence-electron chi connectivity index (χ2n) is 2.76. The summed E-state index contributed by atoms with van der Waals surface area (Å²) >= 11 is 0. The highest BCUT2D eigenvalue weighted by molar-refractivity contribution is 4.58. The van der Waals surface area contributed by atoms with Crippen molar-refractivity contribution in [3.05, 3.63) is 0 Å². The van der Waals surface area contributed by atoms with Gasteiger partial charge in [0.2, 0.25) is 0 Å². The van der Waals surface area contributed by atoms with Gasteiger partial charge in [-0.3, -0.25) is 0 Å². The van der Waals surface area contributed by atoms with Crippen molar-refractivity contribution >= 4 is 0 Å². The Kier molecular flexibility index (Phi) is 7.45. The van der Waals surface area contributed by atoms with Gasteiger partial charge < -0.3 is 14.8 Å². The fourth-order valence-electron chi connectivity index (χ4n) is 0.924. The van der Waals surface area contributed by atoms with Gasteiger partial charge in [0.25, 0.3) is 0 Å². The fourth-order valence-corrected chi connectivity index (χ4v) is 0.924. The third-order valence-electron chi connectivity index (χ3n) is 1.50. The lowest BCUT2D eigenvalue weighted by Crippen LogP contribution is -2.36. The maximum atomic E-state index is 5.35. The molecular formula is C9H21NO2. The maximum absolute atomic E-state index is 5.35. The molecule has 0 amide bonds. The molecule has 74 valence electrons. The summed E-state index contributed by atoms with van der Waals surface area (Å²) in [5.41, 5.74) is 0. The molecule has 3 nitrogen and oxygen atoms in total. The van der Waals surface area contributed by atoms with Crippen molar-refractivity contribution in [2.75, 3.05) is 26.8 Å². The lowest BCUT2D eigenvalue weighted by molar-refractivity contribution is -0.193. The van der Waals surface area contributed by atoms with Crippen LogP contribution in [0.25, 0.3) is 0 Å². The van der Waals surface area contributed by atoms with Crippen LogP contribution in [-0.2, 0) is 9.47 Å². The van der Waals surface area contributed by atoms with Gasteiger partial charge in [-0.05, 0) is 7.05 Å². The van der Waals surface area contributed by atoms with Crippen LogP contribution in [0.2, 0.25) is 0 Å². The van der Waals surface area contributed by atoms with Crippen molar-refractivity contribution in [3.63, 3.8) is 0 Å². The van der Waals surface area contributed by atoms with Crippen molar-refractivity contribution < 1.29 is 9.47 Å². The van der Waals surface area contributed by atoms with E-state index in [0.717, 1.165) is 19.8 Å². The first-order valence-corrected chi connectivity index (χ1v) is 4.70. The summed E-state index contributed by atoms with van der Waals surface area (Å²) in [6.45, 7) is 8.56. The molecule has 0 radical (unpaired) electrons. The average molecular weight is 175 g/mol. The van der Waals surface area contributed by atoms with Crippen LogP contribution in [0.5, 0.6) is 0 Å². The summed E-state index contributed by atoms with van der Waals surface area (Å²) < 4.78 is 10.7. The third-order valence-corrected chi connectivity index (χ3v) is 1.50. The molecule has 1 saturated heterocycles. The highest BCUT2D eigenvalue weighted by atomic mass is 16.7. The van der Waals surface area contributed by atoms with Crippen molar-refractivity contribution in [2.24, 2.45) is 5.92 Å². The monoisotopic (exact) mass is 175 g/mol. The Morgan fingerprint density at radius 3 is 2.17 bits per heavy atom.